The van der Waals surface area contributed by atoms with Gasteiger partial charge in [-0.1, -0.05) is 26.8 Å². The van der Waals surface area contributed by atoms with Gasteiger partial charge in [0, 0.05) is 22.6 Å². The molecule has 3 atom stereocenters. The minimum Gasteiger partial charge on any atom is -0.342 e. The third kappa shape index (κ3) is 3.12. The van der Waals surface area contributed by atoms with Crippen LogP contribution >= 0.6 is 0 Å². The van der Waals surface area contributed by atoms with E-state index < -0.39 is 0 Å². The Hall–Kier alpha value is -3.29. The number of fused-ring (bicyclic) bond motifs is 3. The molecule has 8 heteroatoms. The summed E-state index contributed by atoms with van der Waals surface area (Å²) >= 11 is 0. The average molecular weight is 405 g/mol. The Morgan fingerprint density at radius 2 is 2.20 bits per heavy atom. The SMILES string of the molecule is CC(C)(C)C(NC(=O)c1nn(-c2c[n+](=O)cc[nH]2)c2c1C[C@@H]1C[C@H]21)c1ccccn1. The molecule has 2 aliphatic carbocycles. The van der Waals surface area contributed by atoms with Gasteiger partial charge in [-0.2, -0.15) is 5.10 Å². The standard InChI is InChI=1S/C22H24N6O2/c1-22(2,3)20(16-6-4-5-7-23-16)25-21(29)18-15-11-13-10-14(13)19(15)28(26-18)17-12-27(30)9-8-24-17/h4-9,12-14,20H,10-11H2,1-3H3,(H-,24,25,29,30)/p+1/t13-,14-,20?/m0/s1. The summed E-state index contributed by atoms with van der Waals surface area (Å²) in [7, 11) is 0. The minimum atomic E-state index is -0.255. The molecule has 2 N–H and O–H groups in total. The van der Waals surface area contributed by atoms with Crippen LogP contribution in [0.1, 0.15) is 66.6 Å². The molecule has 0 aliphatic heterocycles. The first kappa shape index (κ1) is 18.7. The normalized spacial score (nSPS) is 20.4. The predicted molar refractivity (Wildman–Crippen MR) is 110 cm³/mol. The number of H-pyrrole nitrogens is 1. The van der Waals surface area contributed by atoms with Crippen LogP contribution in [0.5, 0.6) is 0 Å². The Balaban J connectivity index is 1.53. The number of aromatic nitrogens is 5. The molecule has 0 radical (unpaired) electrons. The molecule has 1 fully saturated rings. The summed E-state index contributed by atoms with van der Waals surface area (Å²) in [4.78, 5) is 32.7. The fraction of sp³-hybridized carbons (Fsp3) is 0.409. The maximum Gasteiger partial charge on any atom is 0.272 e. The first-order chi connectivity index (χ1) is 14.3. The largest absolute Gasteiger partial charge is 0.342 e. The molecule has 154 valence electrons. The van der Waals surface area contributed by atoms with Gasteiger partial charge >= 0.3 is 0 Å². The van der Waals surface area contributed by atoms with Crippen molar-refractivity contribution in [3.63, 3.8) is 0 Å². The number of hydrogen-bond donors (Lipinski definition) is 2. The molecule has 3 heterocycles. The van der Waals surface area contributed by atoms with E-state index >= 15 is 0 Å². The van der Waals surface area contributed by atoms with E-state index in [1.54, 1.807) is 17.1 Å². The summed E-state index contributed by atoms with van der Waals surface area (Å²) in [6.45, 7) is 6.24. The predicted octanol–water partition coefficient (Wildman–Crippen LogP) is 2.69. The van der Waals surface area contributed by atoms with Crippen LogP contribution in [0, 0.1) is 16.2 Å². The third-order valence-electron chi connectivity index (χ3n) is 6.03. The van der Waals surface area contributed by atoms with Gasteiger partial charge in [0.15, 0.2) is 5.69 Å². The van der Waals surface area contributed by atoms with E-state index in [1.165, 1.54) is 12.4 Å². The highest BCUT2D eigenvalue weighted by atomic mass is 16.3. The number of hydrogen-bond acceptors (Lipinski definition) is 4. The molecule has 3 aromatic heterocycles. The second kappa shape index (κ2) is 6.62. The summed E-state index contributed by atoms with van der Waals surface area (Å²) < 4.78 is 2.47. The Kier molecular flexibility index (Phi) is 4.13. The van der Waals surface area contributed by atoms with E-state index in [0.717, 1.165) is 34.2 Å². The maximum atomic E-state index is 13.4. The van der Waals surface area contributed by atoms with Crippen LogP contribution in [0.25, 0.3) is 5.82 Å². The van der Waals surface area contributed by atoms with E-state index in [9.17, 15) is 9.70 Å². The summed E-state index contributed by atoms with van der Waals surface area (Å²) in [6, 6.07) is 5.47. The zero-order valence-electron chi connectivity index (χ0n) is 17.3. The highest BCUT2D eigenvalue weighted by Gasteiger charge is 2.50. The summed E-state index contributed by atoms with van der Waals surface area (Å²) in [5, 5.41) is 7.82. The molecular weight excluding hydrogens is 380 g/mol. The van der Waals surface area contributed by atoms with Crippen molar-refractivity contribution in [2.75, 3.05) is 0 Å². The molecule has 0 bridgehead atoms. The molecule has 30 heavy (non-hydrogen) atoms. The molecule has 8 nitrogen and oxygen atoms in total. The second-order valence-electron chi connectivity index (χ2n) is 9.29. The van der Waals surface area contributed by atoms with Crippen molar-refractivity contribution < 1.29 is 9.22 Å². The van der Waals surface area contributed by atoms with Crippen LogP contribution in [0.2, 0.25) is 0 Å². The molecule has 5 rings (SSSR count). The molecule has 1 unspecified atom stereocenters. The smallest absolute Gasteiger partial charge is 0.272 e. The zero-order chi connectivity index (χ0) is 21.0. The lowest BCUT2D eigenvalue weighted by Crippen LogP contribution is -2.37. The molecule has 2 aliphatic rings. The van der Waals surface area contributed by atoms with Gasteiger partial charge in [-0.3, -0.25) is 9.78 Å². The quantitative estimate of drug-likeness (QED) is 0.652. The zero-order valence-corrected chi connectivity index (χ0v) is 17.3. The van der Waals surface area contributed by atoms with E-state index in [4.69, 9.17) is 0 Å². The number of nitrogens with zero attached hydrogens (tertiary/aromatic N) is 4. The van der Waals surface area contributed by atoms with E-state index in [2.05, 4.69) is 41.2 Å². The van der Waals surface area contributed by atoms with Crippen molar-refractivity contribution in [2.45, 2.75) is 45.6 Å². The Bertz CT molecular complexity index is 1170. The van der Waals surface area contributed by atoms with Crippen LogP contribution in [0.15, 0.2) is 43.0 Å². The average Bonchev–Trinajstić information content (AvgIpc) is 3.21. The monoisotopic (exact) mass is 405 g/mol. The fourth-order valence-electron chi connectivity index (χ4n) is 4.47. The maximum absolute atomic E-state index is 13.4. The van der Waals surface area contributed by atoms with Crippen molar-refractivity contribution >= 4 is 5.91 Å². The molecule has 0 saturated heterocycles. The Morgan fingerprint density at radius 3 is 2.90 bits per heavy atom. The van der Waals surface area contributed by atoms with E-state index in [1.807, 2.05) is 18.2 Å². The van der Waals surface area contributed by atoms with Crippen molar-refractivity contribution in [3.8, 4) is 5.82 Å². The van der Waals surface area contributed by atoms with Gasteiger partial charge < -0.3 is 10.3 Å². The van der Waals surface area contributed by atoms with Gasteiger partial charge in [-0.25, -0.2) is 4.68 Å². The van der Waals surface area contributed by atoms with Gasteiger partial charge in [-0.15, -0.1) is 0 Å². The van der Waals surface area contributed by atoms with E-state index in [-0.39, 0.29) is 17.4 Å². The fourth-order valence-corrected chi connectivity index (χ4v) is 4.47. The lowest BCUT2D eigenvalue weighted by molar-refractivity contribution is -0.495. The van der Waals surface area contributed by atoms with Gasteiger partial charge in [0.05, 0.1) is 28.1 Å². The number of carbonyl (C=O) groups is 1. The summed E-state index contributed by atoms with van der Waals surface area (Å²) in [5.74, 6) is 1.35. The lowest BCUT2D eigenvalue weighted by atomic mass is 9.84. The van der Waals surface area contributed by atoms with Crippen molar-refractivity contribution in [1.29, 1.82) is 0 Å². The first-order valence-corrected chi connectivity index (χ1v) is 10.3. The second-order valence-corrected chi connectivity index (χ2v) is 9.29. The molecule has 1 amide bonds. The minimum absolute atomic E-state index is 0.206. The molecular formula is C22H25N6O2+. The molecule has 3 aromatic rings. The molecule has 0 aromatic carbocycles. The Labute approximate surface area is 174 Å². The van der Waals surface area contributed by atoms with E-state index in [0.29, 0.717) is 23.3 Å². The number of nitrogens with one attached hydrogen (secondary N) is 2. The van der Waals surface area contributed by atoms with Crippen LogP contribution in [-0.2, 0) is 6.42 Å². The van der Waals surface area contributed by atoms with Gasteiger partial charge in [0.2, 0.25) is 12.0 Å². The highest BCUT2D eigenvalue weighted by Crippen LogP contribution is 2.57. The van der Waals surface area contributed by atoms with Gasteiger partial charge in [-0.05, 0) is 36.3 Å². The van der Waals surface area contributed by atoms with Crippen LogP contribution in [0.3, 0.4) is 0 Å². The van der Waals surface area contributed by atoms with Crippen molar-refractivity contribution in [3.05, 3.63) is 70.5 Å². The Morgan fingerprint density at radius 1 is 1.37 bits per heavy atom. The van der Waals surface area contributed by atoms with Gasteiger partial charge in [0.1, 0.15) is 0 Å². The first-order valence-electron chi connectivity index (χ1n) is 10.3. The van der Waals surface area contributed by atoms with Crippen molar-refractivity contribution in [2.24, 2.45) is 11.3 Å². The molecule has 1 saturated carbocycles. The molecule has 0 spiro atoms. The number of aromatic amines is 1. The van der Waals surface area contributed by atoms with Crippen molar-refractivity contribution in [1.82, 2.24) is 25.1 Å². The van der Waals surface area contributed by atoms with Crippen LogP contribution in [-0.4, -0.2) is 25.7 Å². The van der Waals surface area contributed by atoms with Gasteiger partial charge in [0.25, 0.3) is 12.1 Å². The number of amides is 1. The van der Waals surface area contributed by atoms with Crippen LogP contribution in [0.4, 0.5) is 0 Å². The highest BCUT2D eigenvalue weighted by molar-refractivity contribution is 5.94. The lowest BCUT2D eigenvalue weighted by Gasteiger charge is -2.30. The number of carbonyl (C=O) groups excluding carboxylic acids is 1. The summed E-state index contributed by atoms with van der Waals surface area (Å²) in [6.07, 6.45) is 8.12. The number of rotatable bonds is 4. The topological polar surface area (TPSA) is 98.6 Å². The summed E-state index contributed by atoms with van der Waals surface area (Å²) in [5.41, 5.74) is 3.09. The van der Waals surface area contributed by atoms with Crippen LogP contribution < -0.4 is 9.74 Å². The third-order valence-corrected chi connectivity index (χ3v) is 6.03. The number of pyridine rings is 1.